The molecule has 1 saturated heterocycles. The van der Waals surface area contributed by atoms with Crippen LogP contribution in [0.3, 0.4) is 0 Å². The van der Waals surface area contributed by atoms with Gasteiger partial charge in [-0.1, -0.05) is 12.1 Å². The Morgan fingerprint density at radius 1 is 1.46 bits per heavy atom. The summed E-state index contributed by atoms with van der Waals surface area (Å²) in [5.41, 5.74) is 1.53. The van der Waals surface area contributed by atoms with Crippen LogP contribution in [0.5, 0.6) is 0 Å². The van der Waals surface area contributed by atoms with Crippen molar-refractivity contribution in [2.75, 3.05) is 13.2 Å². The maximum Gasteiger partial charge on any atom is 0.266 e. The van der Waals surface area contributed by atoms with Crippen LogP contribution in [0.15, 0.2) is 24.3 Å². The molecule has 128 valence electrons. The van der Waals surface area contributed by atoms with Gasteiger partial charge in [0.05, 0.1) is 16.8 Å². The molecule has 0 bridgehead atoms. The Hall–Kier alpha value is -1.79. The van der Waals surface area contributed by atoms with Gasteiger partial charge in [-0.05, 0) is 44.4 Å². The van der Waals surface area contributed by atoms with Crippen molar-refractivity contribution in [3.05, 3.63) is 51.2 Å². The van der Waals surface area contributed by atoms with Crippen molar-refractivity contribution in [1.29, 1.82) is 0 Å². The first-order chi connectivity index (χ1) is 11.5. The summed E-state index contributed by atoms with van der Waals surface area (Å²) < 4.78 is 19.2. The maximum absolute atomic E-state index is 13.5. The van der Waals surface area contributed by atoms with E-state index < -0.39 is 0 Å². The molecule has 2 aromatic rings. The lowest BCUT2D eigenvalue weighted by molar-refractivity contribution is 0.0510. The highest BCUT2D eigenvalue weighted by Gasteiger charge is 2.26. The molecule has 0 N–H and O–H groups in total. The lowest BCUT2D eigenvalue weighted by Gasteiger charge is -2.25. The van der Waals surface area contributed by atoms with Gasteiger partial charge in [-0.2, -0.15) is 0 Å². The van der Waals surface area contributed by atoms with Crippen LogP contribution in [-0.2, 0) is 11.3 Å². The third-order valence-electron chi connectivity index (χ3n) is 4.10. The Kier molecular flexibility index (Phi) is 5.26. The number of hydrogen-bond donors (Lipinski definition) is 0. The van der Waals surface area contributed by atoms with Crippen LogP contribution in [0.4, 0.5) is 4.39 Å². The molecule has 0 radical (unpaired) electrons. The minimum absolute atomic E-state index is 0.0526. The lowest BCUT2D eigenvalue weighted by atomic mass is 10.1. The molecule has 3 rings (SSSR count). The van der Waals surface area contributed by atoms with E-state index in [0.29, 0.717) is 18.0 Å². The number of benzene rings is 1. The molecule has 0 saturated carbocycles. The maximum atomic E-state index is 13.5. The van der Waals surface area contributed by atoms with Crippen molar-refractivity contribution in [2.45, 2.75) is 39.3 Å². The van der Waals surface area contributed by atoms with Crippen LogP contribution in [-0.4, -0.2) is 35.0 Å². The van der Waals surface area contributed by atoms with Gasteiger partial charge in [-0.3, -0.25) is 4.79 Å². The summed E-state index contributed by atoms with van der Waals surface area (Å²) in [7, 11) is 0. The number of rotatable bonds is 5. The van der Waals surface area contributed by atoms with Gasteiger partial charge in [-0.25, -0.2) is 9.37 Å². The number of thiazole rings is 1. The van der Waals surface area contributed by atoms with Crippen molar-refractivity contribution in [1.82, 2.24) is 9.88 Å². The van der Waals surface area contributed by atoms with Crippen molar-refractivity contribution in [3.63, 3.8) is 0 Å². The molecule has 1 aromatic heterocycles. The molecule has 6 heteroatoms. The second-order valence-electron chi connectivity index (χ2n) is 6.10. The Morgan fingerprint density at radius 3 is 2.92 bits per heavy atom. The smallest absolute Gasteiger partial charge is 0.266 e. The fourth-order valence-corrected chi connectivity index (χ4v) is 3.87. The molecular weight excluding hydrogens is 327 g/mol. The summed E-state index contributed by atoms with van der Waals surface area (Å²) in [4.78, 5) is 19.8. The van der Waals surface area contributed by atoms with E-state index in [1.54, 1.807) is 11.0 Å². The first-order valence-corrected chi connectivity index (χ1v) is 8.94. The van der Waals surface area contributed by atoms with E-state index in [1.165, 1.54) is 23.5 Å². The first kappa shape index (κ1) is 17.0. The number of aryl methyl sites for hydroxylation is 2. The van der Waals surface area contributed by atoms with Crippen LogP contribution in [0.2, 0.25) is 0 Å². The zero-order valence-electron chi connectivity index (χ0n) is 13.9. The Labute approximate surface area is 145 Å². The van der Waals surface area contributed by atoms with Crippen molar-refractivity contribution < 1.29 is 13.9 Å². The zero-order chi connectivity index (χ0) is 17.1. The molecule has 1 atom stereocenters. The summed E-state index contributed by atoms with van der Waals surface area (Å²) in [6.45, 7) is 5.37. The van der Waals surface area contributed by atoms with Crippen molar-refractivity contribution in [3.8, 4) is 0 Å². The first-order valence-electron chi connectivity index (χ1n) is 8.12. The van der Waals surface area contributed by atoms with E-state index in [0.717, 1.165) is 35.7 Å². The molecule has 24 heavy (non-hydrogen) atoms. The van der Waals surface area contributed by atoms with Gasteiger partial charge in [-0.15, -0.1) is 11.3 Å². The van der Waals surface area contributed by atoms with Gasteiger partial charge in [0, 0.05) is 19.7 Å². The van der Waals surface area contributed by atoms with E-state index in [4.69, 9.17) is 4.74 Å². The van der Waals surface area contributed by atoms with Gasteiger partial charge in [0.2, 0.25) is 0 Å². The number of hydrogen-bond acceptors (Lipinski definition) is 4. The molecule has 0 aliphatic carbocycles. The third kappa shape index (κ3) is 3.99. The molecule has 1 aliphatic heterocycles. The van der Waals surface area contributed by atoms with Crippen LogP contribution in [0, 0.1) is 19.7 Å². The molecule has 1 aromatic carbocycles. The molecule has 4 nitrogen and oxygen atoms in total. The fraction of sp³-hybridized carbons (Fsp3) is 0.444. The monoisotopic (exact) mass is 348 g/mol. The van der Waals surface area contributed by atoms with E-state index in [9.17, 15) is 9.18 Å². The number of nitrogens with zero attached hydrogens (tertiary/aromatic N) is 2. The number of carbonyl (C=O) groups is 1. The van der Waals surface area contributed by atoms with E-state index in [1.807, 2.05) is 19.9 Å². The zero-order valence-corrected chi connectivity index (χ0v) is 14.7. The highest BCUT2D eigenvalue weighted by molar-refractivity contribution is 7.13. The molecule has 1 fully saturated rings. The number of aromatic nitrogens is 1. The number of amides is 1. The third-order valence-corrected chi connectivity index (χ3v) is 5.16. The van der Waals surface area contributed by atoms with Crippen LogP contribution in [0.1, 0.15) is 38.8 Å². The molecule has 0 spiro atoms. The summed E-state index contributed by atoms with van der Waals surface area (Å²) >= 11 is 1.41. The topological polar surface area (TPSA) is 42.4 Å². The molecule has 0 unspecified atom stereocenters. The van der Waals surface area contributed by atoms with Crippen molar-refractivity contribution in [2.24, 2.45) is 0 Å². The van der Waals surface area contributed by atoms with Crippen LogP contribution >= 0.6 is 11.3 Å². The molecule has 1 amide bonds. The van der Waals surface area contributed by atoms with Gasteiger partial charge in [0.1, 0.15) is 10.7 Å². The minimum atomic E-state index is -0.290. The Morgan fingerprint density at radius 2 is 2.29 bits per heavy atom. The Balaban J connectivity index is 1.83. The van der Waals surface area contributed by atoms with Crippen molar-refractivity contribution >= 4 is 17.2 Å². The van der Waals surface area contributed by atoms with Gasteiger partial charge in [0.15, 0.2) is 0 Å². The fourth-order valence-electron chi connectivity index (χ4n) is 2.98. The minimum Gasteiger partial charge on any atom is -0.376 e. The second-order valence-corrected chi connectivity index (χ2v) is 7.30. The second kappa shape index (κ2) is 7.40. The highest BCUT2D eigenvalue weighted by atomic mass is 32.1. The predicted molar refractivity (Wildman–Crippen MR) is 91.7 cm³/mol. The number of carbonyl (C=O) groups excluding carboxylic acids is 1. The van der Waals surface area contributed by atoms with E-state index >= 15 is 0 Å². The predicted octanol–water partition coefficient (Wildman–Crippen LogP) is 3.72. The summed E-state index contributed by atoms with van der Waals surface area (Å²) in [5, 5.41) is 0.874. The average molecular weight is 348 g/mol. The quantitative estimate of drug-likeness (QED) is 0.827. The molecule has 1 aliphatic rings. The largest absolute Gasteiger partial charge is 0.376 e. The molecular formula is C18H21FN2O2S. The average Bonchev–Trinajstić information content (AvgIpc) is 3.15. The summed E-state index contributed by atoms with van der Waals surface area (Å²) in [6.07, 6.45) is 2.02. The van der Waals surface area contributed by atoms with E-state index in [2.05, 4.69) is 4.98 Å². The number of ether oxygens (including phenoxy) is 1. The van der Waals surface area contributed by atoms with Crippen LogP contribution < -0.4 is 0 Å². The lowest BCUT2D eigenvalue weighted by Crippen LogP contribution is -2.36. The normalized spacial score (nSPS) is 17.2. The van der Waals surface area contributed by atoms with Crippen LogP contribution in [0.25, 0.3) is 0 Å². The standard InChI is InChI=1S/C18H21FN2O2S/c1-12-17(24-13(2)20-12)18(22)21(11-16-7-4-8-23-16)10-14-5-3-6-15(19)9-14/h3,5-6,9,16H,4,7-8,10-11H2,1-2H3/t16-/m1/s1. The Bertz CT molecular complexity index is 726. The number of halogens is 1. The van der Waals surface area contributed by atoms with Gasteiger partial charge < -0.3 is 9.64 Å². The summed E-state index contributed by atoms with van der Waals surface area (Å²) in [6, 6.07) is 6.39. The van der Waals surface area contributed by atoms with Gasteiger partial charge >= 0.3 is 0 Å². The highest BCUT2D eigenvalue weighted by Crippen LogP contribution is 2.22. The molecule has 2 heterocycles. The van der Waals surface area contributed by atoms with Gasteiger partial charge in [0.25, 0.3) is 5.91 Å². The van der Waals surface area contributed by atoms with E-state index in [-0.39, 0.29) is 17.8 Å². The SMILES string of the molecule is Cc1nc(C)c(C(=O)N(Cc2cccc(F)c2)C[C@H]2CCCO2)s1. The summed E-state index contributed by atoms with van der Waals surface area (Å²) in [5.74, 6) is -0.348.